The molecular weight excluding hydrogens is 731 g/mol. The average Bonchev–Trinajstić information content (AvgIpc) is 3.93. The van der Waals surface area contributed by atoms with Crippen molar-refractivity contribution in [2.75, 3.05) is 11.2 Å². The predicted octanol–water partition coefficient (Wildman–Crippen LogP) is 15.7. The van der Waals surface area contributed by atoms with Gasteiger partial charge >= 0.3 is 0 Å². The van der Waals surface area contributed by atoms with Gasteiger partial charge in [-0.2, -0.15) is 12.6 Å². The average molecular weight is 786 g/mol. The van der Waals surface area contributed by atoms with Crippen molar-refractivity contribution >= 4 is 41.3 Å². The van der Waals surface area contributed by atoms with Gasteiger partial charge in [-0.05, 0) is 168 Å². The highest BCUT2D eigenvalue weighted by molar-refractivity contribution is 7.79. The third kappa shape index (κ3) is 5.81. The summed E-state index contributed by atoms with van der Waals surface area (Å²) < 4.78 is 0. The molecule has 0 unspecified atom stereocenters. The molecule has 1 nitrogen and oxygen atoms in total. The molecule has 0 heterocycles. The molecule has 0 aliphatic heterocycles. The Kier molecular flexibility index (Phi) is 9.44. The molecule has 59 heavy (non-hydrogen) atoms. The molecule has 7 aromatic rings. The molecule has 0 atom stereocenters. The number of hydrogen-bond acceptors (Lipinski definition) is 2. The van der Waals surface area contributed by atoms with Crippen molar-refractivity contribution in [2.24, 2.45) is 0 Å². The summed E-state index contributed by atoms with van der Waals surface area (Å²) >= 11 is 3.53. The maximum absolute atomic E-state index is 3.53. The van der Waals surface area contributed by atoms with E-state index in [1.807, 2.05) is 13.8 Å². The first-order valence-electron chi connectivity index (χ1n) is 21.3. The van der Waals surface area contributed by atoms with Crippen molar-refractivity contribution in [1.82, 2.24) is 0 Å². The van der Waals surface area contributed by atoms with E-state index in [0.29, 0.717) is 0 Å². The van der Waals surface area contributed by atoms with E-state index < -0.39 is 0 Å². The van der Waals surface area contributed by atoms with E-state index in [0.717, 1.165) is 17.8 Å². The number of allylic oxidation sites excluding steroid dienone is 1. The van der Waals surface area contributed by atoms with Crippen LogP contribution in [0.15, 0.2) is 146 Å². The molecule has 0 saturated heterocycles. The summed E-state index contributed by atoms with van der Waals surface area (Å²) in [6, 6.07) is 54.9. The molecule has 0 aromatic heterocycles. The second kappa shape index (κ2) is 14.3. The molecular formula is C57H55NS. The zero-order chi connectivity index (χ0) is 41.4. The lowest BCUT2D eigenvalue weighted by Crippen LogP contribution is -2.18. The predicted molar refractivity (Wildman–Crippen MR) is 258 cm³/mol. The smallest absolute Gasteiger partial charge is 0.0465 e. The van der Waals surface area contributed by atoms with Gasteiger partial charge in [0.1, 0.15) is 0 Å². The minimum Gasteiger partial charge on any atom is -0.310 e. The highest BCUT2D eigenvalue weighted by atomic mass is 32.1. The van der Waals surface area contributed by atoms with E-state index in [1.54, 1.807) is 6.26 Å². The van der Waals surface area contributed by atoms with Crippen molar-refractivity contribution in [3.63, 3.8) is 0 Å². The van der Waals surface area contributed by atoms with E-state index in [9.17, 15) is 0 Å². The third-order valence-electron chi connectivity index (χ3n) is 13.7. The lowest BCUT2D eigenvalue weighted by Gasteiger charge is -2.28. The summed E-state index contributed by atoms with van der Waals surface area (Å²) in [5, 5.41) is 0. The number of fused-ring (bicyclic) bond motifs is 10. The monoisotopic (exact) mass is 785 g/mol. The van der Waals surface area contributed by atoms with Gasteiger partial charge in [0.25, 0.3) is 0 Å². The van der Waals surface area contributed by atoms with E-state index in [4.69, 9.17) is 0 Å². The summed E-state index contributed by atoms with van der Waals surface area (Å²) in [6.07, 6.45) is 5.09. The van der Waals surface area contributed by atoms with Gasteiger partial charge in [-0.3, -0.25) is 0 Å². The molecule has 4 aliphatic carbocycles. The first kappa shape index (κ1) is 38.9. The number of thiol groups is 1. The maximum atomic E-state index is 3.53. The molecule has 7 aromatic carbocycles. The fraction of sp³-hybridized carbons (Fsp3) is 0.228. The van der Waals surface area contributed by atoms with Crippen molar-refractivity contribution < 1.29 is 0 Å². The second-order valence-corrected chi connectivity index (χ2v) is 17.8. The maximum Gasteiger partial charge on any atom is 0.0465 e. The van der Waals surface area contributed by atoms with Gasteiger partial charge in [-0.1, -0.05) is 140 Å². The zero-order valence-electron chi connectivity index (χ0n) is 36.0. The Bertz CT molecular complexity index is 2760. The van der Waals surface area contributed by atoms with Crippen LogP contribution in [-0.4, -0.2) is 6.26 Å². The Morgan fingerprint density at radius 3 is 1.31 bits per heavy atom. The van der Waals surface area contributed by atoms with Gasteiger partial charge < -0.3 is 4.90 Å². The van der Waals surface area contributed by atoms with Gasteiger partial charge in [0.05, 0.1) is 0 Å². The SMILES string of the molecule is CC.CC1(C)c2cc(C3=Cc4ccccc4C3)ccc2-c2cc3c(cc21)-c1cc2c(cc1C3(C)C)-c1ccc(N(c3ccccc3)c3ccccc3)cc1C2(C)C.CS. The van der Waals surface area contributed by atoms with E-state index >= 15 is 0 Å². The third-order valence-corrected chi connectivity index (χ3v) is 13.7. The first-order valence-corrected chi connectivity index (χ1v) is 22.2. The van der Waals surface area contributed by atoms with Crippen molar-refractivity contribution in [3.8, 4) is 33.4 Å². The van der Waals surface area contributed by atoms with Gasteiger partial charge in [0.2, 0.25) is 0 Å². The molecule has 4 aliphatic rings. The number of anilines is 3. The van der Waals surface area contributed by atoms with Crippen LogP contribution in [0.1, 0.15) is 105 Å². The molecule has 11 rings (SSSR count). The Morgan fingerprint density at radius 2 is 0.814 bits per heavy atom. The Balaban J connectivity index is 0.00000109. The van der Waals surface area contributed by atoms with Gasteiger partial charge in [-0.15, -0.1) is 0 Å². The largest absolute Gasteiger partial charge is 0.310 e. The number of para-hydroxylation sites is 2. The van der Waals surface area contributed by atoms with E-state index in [1.165, 1.54) is 94.7 Å². The summed E-state index contributed by atoms with van der Waals surface area (Å²) in [6.45, 7) is 18.6. The van der Waals surface area contributed by atoms with Crippen molar-refractivity contribution in [3.05, 3.63) is 196 Å². The van der Waals surface area contributed by atoms with E-state index in [2.05, 4.69) is 211 Å². The normalized spacial score (nSPS) is 15.7. The van der Waals surface area contributed by atoms with Crippen LogP contribution in [0.4, 0.5) is 17.1 Å². The number of nitrogens with zero attached hydrogens (tertiary/aromatic N) is 1. The lowest BCUT2D eigenvalue weighted by molar-refractivity contribution is 0.649. The zero-order valence-corrected chi connectivity index (χ0v) is 36.9. The Labute approximate surface area is 357 Å². The van der Waals surface area contributed by atoms with Gasteiger partial charge in [-0.25, -0.2) is 0 Å². The van der Waals surface area contributed by atoms with Crippen LogP contribution in [0.3, 0.4) is 0 Å². The fourth-order valence-electron chi connectivity index (χ4n) is 10.6. The molecule has 0 spiro atoms. The number of benzene rings is 7. The summed E-state index contributed by atoms with van der Waals surface area (Å²) in [4.78, 5) is 2.38. The molecule has 294 valence electrons. The number of hydrogen-bond donors (Lipinski definition) is 1. The van der Waals surface area contributed by atoms with Crippen LogP contribution in [-0.2, 0) is 22.7 Å². The highest BCUT2D eigenvalue weighted by Gasteiger charge is 2.44. The lowest BCUT2D eigenvalue weighted by atomic mass is 9.78. The highest BCUT2D eigenvalue weighted by Crippen LogP contribution is 2.60. The van der Waals surface area contributed by atoms with Crippen LogP contribution in [0.25, 0.3) is 45.0 Å². The van der Waals surface area contributed by atoms with Gasteiger partial charge in [0, 0.05) is 33.3 Å². The quantitative estimate of drug-likeness (QED) is 0.174. The molecule has 0 bridgehead atoms. The van der Waals surface area contributed by atoms with Gasteiger partial charge in [0.15, 0.2) is 0 Å². The van der Waals surface area contributed by atoms with Crippen molar-refractivity contribution in [2.45, 2.75) is 78.1 Å². The standard InChI is InChI=1S/C54H45N.C2H6.CH4S/c1-52(2)46-27-35(36-25-33-15-13-14-16-34(33)26-36)21-23-40(46)42-29-50-44(31-48(42)52)45-32-49-43(30-51(45)54(50,5)6)41-24-22-39(28-47(41)53(49,3)4)55(37-17-9-7-10-18-37)38-19-11-8-12-20-38;2*1-2/h7-25,27-32H,26H2,1-6H3;1-2H3;2H,1H3. The van der Waals surface area contributed by atoms with Crippen molar-refractivity contribution in [1.29, 1.82) is 0 Å². The van der Waals surface area contributed by atoms with Crippen LogP contribution in [0.2, 0.25) is 0 Å². The minimum atomic E-state index is -0.154. The summed E-state index contributed by atoms with van der Waals surface area (Å²) in [5.74, 6) is 0. The Hall–Kier alpha value is -5.57. The molecule has 0 fully saturated rings. The number of rotatable bonds is 4. The Morgan fingerprint density at radius 1 is 0.407 bits per heavy atom. The van der Waals surface area contributed by atoms with E-state index in [-0.39, 0.29) is 16.2 Å². The molecule has 0 N–H and O–H groups in total. The first-order chi connectivity index (χ1) is 28.5. The minimum absolute atomic E-state index is 0.0966. The molecule has 2 heteroatoms. The van der Waals surface area contributed by atoms with Crippen LogP contribution >= 0.6 is 12.6 Å². The topological polar surface area (TPSA) is 3.24 Å². The molecule has 0 saturated carbocycles. The summed E-state index contributed by atoms with van der Waals surface area (Å²) in [7, 11) is 0. The fourth-order valence-corrected chi connectivity index (χ4v) is 10.6. The second-order valence-electron chi connectivity index (χ2n) is 17.8. The van der Waals surface area contributed by atoms with Crippen LogP contribution in [0.5, 0.6) is 0 Å². The molecule has 0 radical (unpaired) electrons. The summed E-state index contributed by atoms with van der Waals surface area (Å²) in [5.41, 5.74) is 25.6. The van der Waals surface area contributed by atoms with Crippen LogP contribution in [0, 0.1) is 0 Å². The molecule has 0 amide bonds. The van der Waals surface area contributed by atoms with Crippen LogP contribution < -0.4 is 4.90 Å².